The molecule has 3 rings (SSSR count). The molecule has 0 saturated heterocycles. The number of hydrogen-bond donors (Lipinski definition) is 0. The Labute approximate surface area is 136 Å². The summed E-state index contributed by atoms with van der Waals surface area (Å²) in [5.41, 5.74) is 1.18. The molecule has 0 unspecified atom stereocenters. The van der Waals surface area contributed by atoms with Crippen molar-refractivity contribution in [2.24, 2.45) is 0 Å². The van der Waals surface area contributed by atoms with E-state index in [1.54, 1.807) is 30.3 Å². The molecule has 0 aliphatic rings. The normalized spacial score (nSPS) is 10.7. The average molecular weight is 330 g/mol. The fraction of sp³-hybridized carbons (Fsp3) is 0.118. The van der Waals surface area contributed by atoms with E-state index < -0.39 is 11.6 Å². The molecule has 0 fully saturated rings. The monoisotopic (exact) mass is 329 g/mol. The number of hydrogen-bond acceptors (Lipinski definition) is 5. The van der Waals surface area contributed by atoms with Crippen LogP contribution < -0.4 is 10.4 Å². The Morgan fingerprint density at radius 3 is 2.83 bits per heavy atom. The Bertz CT molecular complexity index is 949. The lowest BCUT2D eigenvalue weighted by molar-refractivity contribution is 0.0723. The highest BCUT2D eigenvalue weighted by Gasteiger charge is 2.17. The van der Waals surface area contributed by atoms with E-state index in [-0.39, 0.29) is 11.4 Å². The van der Waals surface area contributed by atoms with E-state index in [1.807, 2.05) is 6.92 Å². The largest absolute Gasteiger partial charge is 0.422 e. The number of aromatic nitrogens is 1. The molecule has 0 spiro atoms. The van der Waals surface area contributed by atoms with E-state index in [1.165, 1.54) is 12.3 Å². The molecule has 0 aliphatic carbocycles. The number of carbonyl (C=O) groups is 1. The molecule has 0 amide bonds. The summed E-state index contributed by atoms with van der Waals surface area (Å²) in [6.45, 7) is 1.84. The van der Waals surface area contributed by atoms with Gasteiger partial charge < -0.3 is 9.15 Å². The first-order chi connectivity index (χ1) is 11.1. The summed E-state index contributed by atoms with van der Waals surface area (Å²) >= 11 is 5.79. The maximum absolute atomic E-state index is 12.2. The number of ether oxygens (including phenoxy) is 1. The fourth-order valence-corrected chi connectivity index (χ4v) is 2.28. The minimum atomic E-state index is -0.810. The van der Waals surface area contributed by atoms with Crippen molar-refractivity contribution in [3.63, 3.8) is 0 Å². The summed E-state index contributed by atoms with van der Waals surface area (Å²) in [6.07, 6.45) is 1.52. The zero-order valence-corrected chi connectivity index (χ0v) is 13.0. The van der Waals surface area contributed by atoms with Gasteiger partial charge in [-0.2, -0.15) is 0 Å². The summed E-state index contributed by atoms with van der Waals surface area (Å²) in [6, 6.07) is 9.97. The van der Waals surface area contributed by atoms with E-state index in [4.69, 9.17) is 20.8 Å². The standard InChI is InChI=1S/C17H12ClNO4/c1-10-4-5-19-15(6-10)23-17(21)13-8-12-7-11(9-18)2-3-14(12)22-16(13)20/h2-8H,9H2,1H3. The molecule has 0 saturated carbocycles. The number of aryl methyl sites for hydroxylation is 1. The van der Waals surface area contributed by atoms with Gasteiger partial charge in [-0.3, -0.25) is 0 Å². The van der Waals surface area contributed by atoms with Gasteiger partial charge in [-0.15, -0.1) is 11.6 Å². The van der Waals surface area contributed by atoms with E-state index in [9.17, 15) is 9.59 Å². The maximum atomic E-state index is 12.2. The fourth-order valence-electron chi connectivity index (χ4n) is 2.11. The predicted molar refractivity (Wildman–Crippen MR) is 86.0 cm³/mol. The van der Waals surface area contributed by atoms with Gasteiger partial charge in [0.15, 0.2) is 0 Å². The predicted octanol–water partition coefficient (Wildman–Crippen LogP) is 3.45. The van der Waals surface area contributed by atoms with Crippen LogP contribution in [0.25, 0.3) is 11.0 Å². The van der Waals surface area contributed by atoms with Crippen molar-refractivity contribution in [1.82, 2.24) is 4.98 Å². The van der Waals surface area contributed by atoms with Crippen LogP contribution in [0.3, 0.4) is 0 Å². The molecule has 116 valence electrons. The molecule has 0 bridgehead atoms. The molecule has 2 heterocycles. The number of fused-ring (bicyclic) bond motifs is 1. The number of esters is 1. The molecular formula is C17H12ClNO4. The van der Waals surface area contributed by atoms with Gasteiger partial charge in [0, 0.05) is 23.5 Å². The van der Waals surface area contributed by atoms with Gasteiger partial charge >= 0.3 is 11.6 Å². The lowest BCUT2D eigenvalue weighted by Gasteiger charge is -2.05. The molecule has 0 N–H and O–H groups in total. The summed E-state index contributed by atoms with van der Waals surface area (Å²) in [7, 11) is 0. The molecule has 5 nitrogen and oxygen atoms in total. The third-order valence-corrected chi connectivity index (χ3v) is 3.57. The Hall–Kier alpha value is -2.66. The molecule has 6 heteroatoms. The van der Waals surface area contributed by atoms with Crippen molar-refractivity contribution in [2.75, 3.05) is 0 Å². The van der Waals surface area contributed by atoms with E-state index in [2.05, 4.69) is 4.98 Å². The molecule has 0 radical (unpaired) electrons. The summed E-state index contributed by atoms with van der Waals surface area (Å²) in [4.78, 5) is 28.1. The van der Waals surface area contributed by atoms with Gasteiger partial charge in [-0.1, -0.05) is 6.07 Å². The first-order valence-corrected chi connectivity index (χ1v) is 7.38. The minimum Gasteiger partial charge on any atom is -0.422 e. The van der Waals surface area contributed by atoms with Gasteiger partial charge in [0.1, 0.15) is 11.1 Å². The van der Waals surface area contributed by atoms with Crippen LogP contribution in [-0.2, 0) is 5.88 Å². The van der Waals surface area contributed by atoms with Gasteiger partial charge in [0.25, 0.3) is 0 Å². The van der Waals surface area contributed by atoms with Crippen molar-refractivity contribution in [1.29, 1.82) is 0 Å². The third kappa shape index (κ3) is 3.24. The number of benzene rings is 1. The topological polar surface area (TPSA) is 69.4 Å². The van der Waals surface area contributed by atoms with Crippen LogP contribution >= 0.6 is 11.6 Å². The second-order valence-corrected chi connectivity index (χ2v) is 5.28. The Morgan fingerprint density at radius 1 is 1.26 bits per heavy atom. The van der Waals surface area contributed by atoms with Crippen molar-refractivity contribution >= 4 is 28.5 Å². The van der Waals surface area contributed by atoms with Crippen LogP contribution in [0.2, 0.25) is 0 Å². The zero-order valence-electron chi connectivity index (χ0n) is 12.2. The number of pyridine rings is 1. The molecule has 1 aromatic carbocycles. The second-order valence-electron chi connectivity index (χ2n) is 5.01. The first-order valence-electron chi connectivity index (χ1n) is 6.84. The highest BCUT2D eigenvalue weighted by atomic mass is 35.5. The second kappa shape index (κ2) is 6.22. The Balaban J connectivity index is 1.99. The van der Waals surface area contributed by atoms with E-state index in [0.29, 0.717) is 16.8 Å². The van der Waals surface area contributed by atoms with Crippen LogP contribution in [-0.4, -0.2) is 11.0 Å². The van der Waals surface area contributed by atoms with Gasteiger partial charge in [0.05, 0.1) is 0 Å². The molecule has 2 aromatic heterocycles. The van der Waals surface area contributed by atoms with E-state index >= 15 is 0 Å². The average Bonchev–Trinajstić information content (AvgIpc) is 2.53. The van der Waals surface area contributed by atoms with Crippen LogP contribution in [0.15, 0.2) is 51.8 Å². The lowest BCUT2D eigenvalue weighted by atomic mass is 10.1. The summed E-state index contributed by atoms with van der Waals surface area (Å²) in [5.74, 6) is -0.360. The number of halogens is 1. The summed E-state index contributed by atoms with van der Waals surface area (Å²) in [5, 5.41) is 0.604. The third-order valence-electron chi connectivity index (χ3n) is 3.26. The van der Waals surface area contributed by atoms with Crippen LogP contribution in [0.1, 0.15) is 21.5 Å². The molecule has 0 aliphatic heterocycles. The lowest BCUT2D eigenvalue weighted by Crippen LogP contribution is -2.19. The SMILES string of the molecule is Cc1ccnc(OC(=O)c2cc3cc(CCl)ccc3oc2=O)c1. The van der Waals surface area contributed by atoms with Crippen LogP contribution in [0.4, 0.5) is 0 Å². The van der Waals surface area contributed by atoms with Gasteiger partial charge in [-0.25, -0.2) is 14.6 Å². The first kappa shape index (κ1) is 15.2. The van der Waals surface area contributed by atoms with Crippen LogP contribution in [0, 0.1) is 6.92 Å². The smallest absolute Gasteiger partial charge is 0.352 e. The molecule has 0 atom stereocenters. The van der Waals surface area contributed by atoms with Crippen molar-refractivity contribution in [2.45, 2.75) is 12.8 Å². The summed E-state index contributed by atoms with van der Waals surface area (Å²) < 4.78 is 10.3. The minimum absolute atomic E-state index is 0.129. The van der Waals surface area contributed by atoms with Crippen molar-refractivity contribution < 1.29 is 13.9 Å². The van der Waals surface area contributed by atoms with Gasteiger partial charge in [-0.05, 0) is 42.3 Å². The molecular weight excluding hydrogens is 318 g/mol. The number of alkyl halides is 1. The maximum Gasteiger partial charge on any atom is 0.352 e. The highest BCUT2D eigenvalue weighted by Crippen LogP contribution is 2.18. The van der Waals surface area contributed by atoms with Crippen molar-refractivity contribution in [3.05, 3.63) is 69.7 Å². The van der Waals surface area contributed by atoms with Crippen molar-refractivity contribution in [3.8, 4) is 5.88 Å². The van der Waals surface area contributed by atoms with Crippen LogP contribution in [0.5, 0.6) is 5.88 Å². The molecule has 23 heavy (non-hydrogen) atoms. The number of nitrogens with zero attached hydrogens (tertiary/aromatic N) is 1. The highest BCUT2D eigenvalue weighted by molar-refractivity contribution is 6.17. The van der Waals surface area contributed by atoms with E-state index in [0.717, 1.165) is 11.1 Å². The number of rotatable bonds is 3. The Kier molecular flexibility index (Phi) is 4.12. The molecule has 3 aromatic rings. The number of carbonyl (C=O) groups excluding carboxylic acids is 1. The van der Waals surface area contributed by atoms with Gasteiger partial charge in [0.2, 0.25) is 5.88 Å². The quantitative estimate of drug-likeness (QED) is 0.418. The Morgan fingerprint density at radius 2 is 2.09 bits per heavy atom. The zero-order chi connectivity index (χ0) is 16.4.